The van der Waals surface area contributed by atoms with Gasteiger partial charge in [0.05, 0.1) is 6.21 Å². The lowest BCUT2D eigenvalue weighted by Crippen LogP contribution is -1.83. The number of halogens is 1. The highest BCUT2D eigenvalue weighted by Crippen LogP contribution is 2.17. The van der Waals surface area contributed by atoms with E-state index in [1.807, 2.05) is 42.2 Å². The lowest BCUT2D eigenvalue weighted by Gasteiger charge is -1.88. The monoisotopic (exact) mass is 254 g/mol. The lowest BCUT2D eigenvalue weighted by molar-refractivity contribution is 0.895. The quantitative estimate of drug-likeness (QED) is 0.733. The van der Waals surface area contributed by atoms with Crippen molar-refractivity contribution in [3.63, 3.8) is 0 Å². The van der Waals surface area contributed by atoms with Gasteiger partial charge < -0.3 is 0 Å². The molecule has 0 radical (unpaired) electrons. The summed E-state index contributed by atoms with van der Waals surface area (Å²) in [6.45, 7) is 0. The van der Waals surface area contributed by atoms with E-state index in [-0.39, 0.29) is 0 Å². The fourth-order valence-corrected chi connectivity index (χ4v) is 2.22. The standard InChI is InChI=1S/C9H7BrN2S/c10-8-5-9(13-7-8)6-11-12-3-1-2-4-12/h1-7H/b11-6+. The molecule has 2 heterocycles. The van der Waals surface area contributed by atoms with Crippen LogP contribution in [0.25, 0.3) is 0 Å². The van der Waals surface area contributed by atoms with Crippen LogP contribution in [0.1, 0.15) is 4.88 Å². The molecule has 2 aromatic heterocycles. The van der Waals surface area contributed by atoms with Gasteiger partial charge in [0.1, 0.15) is 0 Å². The van der Waals surface area contributed by atoms with Crippen molar-refractivity contribution in [3.8, 4) is 0 Å². The third-order valence-corrected chi connectivity index (χ3v) is 3.12. The first-order valence-corrected chi connectivity index (χ1v) is 5.43. The zero-order valence-corrected chi connectivity index (χ0v) is 9.12. The Hall–Kier alpha value is -0.870. The number of hydrogen-bond acceptors (Lipinski definition) is 2. The molecule has 0 saturated carbocycles. The van der Waals surface area contributed by atoms with Gasteiger partial charge in [-0.05, 0) is 34.1 Å². The van der Waals surface area contributed by atoms with Crippen LogP contribution in [-0.2, 0) is 0 Å². The van der Waals surface area contributed by atoms with E-state index < -0.39 is 0 Å². The summed E-state index contributed by atoms with van der Waals surface area (Å²) in [5.41, 5.74) is 0. The van der Waals surface area contributed by atoms with Crippen LogP contribution < -0.4 is 0 Å². The van der Waals surface area contributed by atoms with Gasteiger partial charge in [0, 0.05) is 27.1 Å². The number of rotatable bonds is 2. The van der Waals surface area contributed by atoms with Crippen LogP contribution in [0.3, 0.4) is 0 Å². The molecule has 0 aliphatic heterocycles. The minimum absolute atomic E-state index is 1.10. The van der Waals surface area contributed by atoms with Crippen LogP contribution in [0.4, 0.5) is 0 Å². The molecular formula is C9H7BrN2S. The predicted octanol–water partition coefficient (Wildman–Crippen LogP) is 3.19. The van der Waals surface area contributed by atoms with Crippen molar-refractivity contribution < 1.29 is 0 Å². The number of thiophene rings is 1. The third kappa shape index (κ3) is 2.29. The second-order valence-electron chi connectivity index (χ2n) is 2.47. The number of nitrogens with zero attached hydrogens (tertiary/aromatic N) is 2. The molecule has 0 atom stereocenters. The fourth-order valence-electron chi connectivity index (χ4n) is 0.922. The second-order valence-corrected chi connectivity index (χ2v) is 4.33. The van der Waals surface area contributed by atoms with Crippen LogP contribution >= 0.6 is 27.3 Å². The van der Waals surface area contributed by atoms with Gasteiger partial charge in [-0.2, -0.15) is 5.10 Å². The molecule has 2 nitrogen and oxygen atoms in total. The minimum atomic E-state index is 1.10. The summed E-state index contributed by atoms with van der Waals surface area (Å²) in [7, 11) is 0. The summed E-state index contributed by atoms with van der Waals surface area (Å²) in [4.78, 5) is 1.14. The zero-order valence-electron chi connectivity index (χ0n) is 6.72. The highest BCUT2D eigenvalue weighted by molar-refractivity contribution is 9.10. The molecule has 2 rings (SSSR count). The van der Waals surface area contributed by atoms with Gasteiger partial charge in [0.15, 0.2) is 0 Å². The summed E-state index contributed by atoms with van der Waals surface area (Å²) in [6.07, 6.45) is 5.65. The highest BCUT2D eigenvalue weighted by atomic mass is 79.9. The minimum Gasteiger partial charge on any atom is -0.248 e. The Labute approximate surface area is 88.6 Å². The van der Waals surface area contributed by atoms with E-state index >= 15 is 0 Å². The highest BCUT2D eigenvalue weighted by Gasteiger charge is 1.92. The third-order valence-electron chi connectivity index (χ3n) is 1.49. The molecule has 0 saturated heterocycles. The molecule has 13 heavy (non-hydrogen) atoms. The van der Waals surface area contributed by atoms with Crippen molar-refractivity contribution in [1.82, 2.24) is 4.68 Å². The Morgan fingerprint density at radius 1 is 1.38 bits per heavy atom. The van der Waals surface area contributed by atoms with Crippen LogP contribution in [0.5, 0.6) is 0 Å². The van der Waals surface area contributed by atoms with Crippen molar-refractivity contribution in [3.05, 3.63) is 45.3 Å². The topological polar surface area (TPSA) is 17.3 Å². The normalized spacial score (nSPS) is 11.2. The maximum absolute atomic E-state index is 4.23. The van der Waals surface area contributed by atoms with Gasteiger partial charge in [0.2, 0.25) is 0 Å². The lowest BCUT2D eigenvalue weighted by atomic mass is 10.5. The van der Waals surface area contributed by atoms with Crippen molar-refractivity contribution in [2.45, 2.75) is 0 Å². The average Bonchev–Trinajstić information content (AvgIpc) is 2.71. The van der Waals surface area contributed by atoms with Gasteiger partial charge in [-0.1, -0.05) is 0 Å². The fraction of sp³-hybridized carbons (Fsp3) is 0. The predicted molar refractivity (Wildman–Crippen MR) is 59.4 cm³/mol. The maximum atomic E-state index is 4.23. The molecule has 0 aliphatic carbocycles. The molecule has 0 aliphatic rings. The molecule has 0 spiro atoms. The number of hydrogen-bond donors (Lipinski definition) is 0. The van der Waals surface area contributed by atoms with E-state index in [2.05, 4.69) is 21.0 Å². The van der Waals surface area contributed by atoms with E-state index in [0.29, 0.717) is 0 Å². The van der Waals surface area contributed by atoms with Crippen molar-refractivity contribution in [1.29, 1.82) is 0 Å². The van der Waals surface area contributed by atoms with Gasteiger partial charge in [-0.3, -0.25) is 0 Å². The molecule has 0 unspecified atom stereocenters. The number of aromatic nitrogens is 1. The summed E-state index contributed by atoms with van der Waals surface area (Å²) in [5.74, 6) is 0. The Kier molecular flexibility index (Phi) is 2.61. The van der Waals surface area contributed by atoms with Crippen molar-refractivity contribution in [2.24, 2.45) is 5.10 Å². The van der Waals surface area contributed by atoms with Gasteiger partial charge in [-0.15, -0.1) is 11.3 Å². The van der Waals surface area contributed by atoms with Crippen LogP contribution in [0, 0.1) is 0 Å². The SMILES string of the molecule is Brc1csc(/C=N/n2cccc2)c1. The summed E-state index contributed by atoms with van der Waals surface area (Å²) >= 11 is 5.05. The zero-order chi connectivity index (χ0) is 9.10. The molecular weight excluding hydrogens is 248 g/mol. The Morgan fingerprint density at radius 3 is 2.77 bits per heavy atom. The van der Waals surface area contributed by atoms with Crippen molar-refractivity contribution >= 4 is 33.5 Å². The molecule has 0 bridgehead atoms. The first kappa shape index (κ1) is 8.72. The van der Waals surface area contributed by atoms with E-state index in [1.54, 1.807) is 16.0 Å². The molecule has 4 heteroatoms. The first-order chi connectivity index (χ1) is 6.34. The Morgan fingerprint density at radius 2 is 2.15 bits per heavy atom. The van der Waals surface area contributed by atoms with E-state index in [4.69, 9.17) is 0 Å². The molecule has 0 fully saturated rings. The Bertz CT molecular complexity index is 403. The van der Waals surface area contributed by atoms with Gasteiger partial charge in [-0.25, -0.2) is 4.68 Å². The van der Waals surface area contributed by atoms with E-state index in [1.165, 1.54) is 0 Å². The largest absolute Gasteiger partial charge is 0.248 e. The van der Waals surface area contributed by atoms with Crippen molar-refractivity contribution in [2.75, 3.05) is 0 Å². The first-order valence-electron chi connectivity index (χ1n) is 3.76. The van der Waals surface area contributed by atoms with Gasteiger partial charge in [0.25, 0.3) is 0 Å². The van der Waals surface area contributed by atoms with E-state index in [0.717, 1.165) is 9.35 Å². The Balaban J connectivity index is 2.14. The smallest absolute Gasteiger partial charge is 0.0651 e. The van der Waals surface area contributed by atoms with E-state index in [9.17, 15) is 0 Å². The van der Waals surface area contributed by atoms with Crippen LogP contribution in [-0.4, -0.2) is 10.9 Å². The average molecular weight is 255 g/mol. The molecule has 66 valence electrons. The maximum Gasteiger partial charge on any atom is 0.0651 e. The second kappa shape index (κ2) is 3.89. The van der Waals surface area contributed by atoms with Crippen LogP contribution in [0.2, 0.25) is 0 Å². The summed E-state index contributed by atoms with van der Waals surface area (Å²) in [5, 5.41) is 6.27. The molecule has 0 amide bonds. The van der Waals surface area contributed by atoms with Crippen LogP contribution in [0.15, 0.2) is 45.5 Å². The summed E-state index contributed by atoms with van der Waals surface area (Å²) < 4.78 is 2.87. The molecule has 2 aromatic rings. The molecule has 0 N–H and O–H groups in total. The summed E-state index contributed by atoms with van der Waals surface area (Å²) in [6, 6.07) is 5.93. The molecule has 0 aromatic carbocycles. The van der Waals surface area contributed by atoms with Gasteiger partial charge >= 0.3 is 0 Å².